The Bertz CT molecular complexity index is 187. The van der Waals surface area contributed by atoms with Crippen molar-refractivity contribution in [1.82, 2.24) is 4.90 Å². The Kier molecular flexibility index (Phi) is 4.04. The lowest BCUT2D eigenvalue weighted by molar-refractivity contribution is 0.0199. The number of rotatable bonds is 3. The molecule has 1 aliphatic carbocycles. The average Bonchev–Trinajstić information content (AvgIpc) is 2.73. The number of nitrogens with zero attached hydrogens (tertiary/aromatic N) is 1. The molecule has 2 heteroatoms. The summed E-state index contributed by atoms with van der Waals surface area (Å²) in [5, 5.41) is 9.82. The summed E-state index contributed by atoms with van der Waals surface area (Å²) in [5.41, 5.74) is 0. The fraction of sp³-hybridized carbons (Fsp3) is 1.00. The summed E-state index contributed by atoms with van der Waals surface area (Å²) in [6.07, 6.45) is 7.85. The van der Waals surface area contributed by atoms with Gasteiger partial charge in [0, 0.05) is 19.6 Å². The number of likely N-dealkylation sites (tertiary alicyclic amines) is 1. The van der Waals surface area contributed by atoms with E-state index in [1.54, 1.807) is 0 Å². The second-order valence-corrected chi connectivity index (χ2v) is 5.43. The maximum absolute atomic E-state index is 9.82. The standard InChI is InChI=1S/C13H25NO/c1-2-12-10-14(8-7-13(12)15)9-11-5-3-4-6-11/h11-13,15H,2-10H2,1H3. The Balaban J connectivity index is 1.78. The van der Waals surface area contributed by atoms with Crippen molar-refractivity contribution in [3.05, 3.63) is 0 Å². The van der Waals surface area contributed by atoms with E-state index < -0.39 is 0 Å². The zero-order valence-electron chi connectivity index (χ0n) is 9.99. The number of piperidine rings is 1. The summed E-state index contributed by atoms with van der Waals surface area (Å²) < 4.78 is 0. The van der Waals surface area contributed by atoms with Crippen molar-refractivity contribution in [3.8, 4) is 0 Å². The fourth-order valence-corrected chi connectivity index (χ4v) is 3.22. The maximum atomic E-state index is 9.82. The molecular formula is C13H25NO. The highest BCUT2D eigenvalue weighted by atomic mass is 16.3. The number of aliphatic hydroxyl groups is 1. The number of hydrogen-bond donors (Lipinski definition) is 1. The number of hydrogen-bond acceptors (Lipinski definition) is 2. The SMILES string of the molecule is CCC1CN(CC2CCCC2)CCC1O. The molecule has 0 amide bonds. The molecule has 2 rings (SSSR count). The number of aliphatic hydroxyl groups excluding tert-OH is 1. The van der Waals surface area contributed by atoms with Gasteiger partial charge < -0.3 is 10.0 Å². The normalized spacial score (nSPS) is 34.8. The summed E-state index contributed by atoms with van der Waals surface area (Å²) in [4.78, 5) is 2.59. The van der Waals surface area contributed by atoms with Gasteiger partial charge in [0.25, 0.3) is 0 Å². The first-order chi connectivity index (χ1) is 7.29. The topological polar surface area (TPSA) is 23.5 Å². The van der Waals surface area contributed by atoms with E-state index in [9.17, 15) is 5.11 Å². The molecule has 2 atom stereocenters. The van der Waals surface area contributed by atoms with Gasteiger partial charge in [-0.2, -0.15) is 0 Å². The van der Waals surface area contributed by atoms with Crippen LogP contribution in [0, 0.1) is 11.8 Å². The molecule has 15 heavy (non-hydrogen) atoms. The van der Waals surface area contributed by atoms with Crippen LogP contribution in [0.3, 0.4) is 0 Å². The van der Waals surface area contributed by atoms with E-state index in [0.29, 0.717) is 5.92 Å². The van der Waals surface area contributed by atoms with Crippen molar-refractivity contribution in [2.45, 2.75) is 51.6 Å². The molecule has 2 nitrogen and oxygen atoms in total. The predicted octanol–water partition coefficient (Wildman–Crippen LogP) is 2.27. The van der Waals surface area contributed by atoms with Gasteiger partial charge >= 0.3 is 0 Å². The fourth-order valence-electron chi connectivity index (χ4n) is 3.22. The highest BCUT2D eigenvalue weighted by Gasteiger charge is 2.28. The van der Waals surface area contributed by atoms with Crippen molar-refractivity contribution >= 4 is 0 Å². The monoisotopic (exact) mass is 211 g/mol. The van der Waals surface area contributed by atoms with E-state index in [2.05, 4.69) is 11.8 Å². The van der Waals surface area contributed by atoms with E-state index >= 15 is 0 Å². The van der Waals surface area contributed by atoms with Crippen LogP contribution >= 0.6 is 0 Å². The third-order valence-electron chi connectivity index (χ3n) is 4.29. The van der Waals surface area contributed by atoms with Gasteiger partial charge in [-0.3, -0.25) is 0 Å². The second-order valence-electron chi connectivity index (χ2n) is 5.43. The molecule has 0 bridgehead atoms. The molecule has 1 aliphatic heterocycles. The molecule has 1 saturated carbocycles. The molecule has 2 aliphatic rings. The first-order valence-corrected chi connectivity index (χ1v) is 6.70. The van der Waals surface area contributed by atoms with E-state index in [1.807, 2.05) is 0 Å². The smallest absolute Gasteiger partial charge is 0.0592 e. The van der Waals surface area contributed by atoms with Gasteiger partial charge in [0.2, 0.25) is 0 Å². The van der Waals surface area contributed by atoms with Gasteiger partial charge in [0.1, 0.15) is 0 Å². The van der Waals surface area contributed by atoms with Crippen LogP contribution in [0.1, 0.15) is 45.4 Å². The minimum absolute atomic E-state index is 0.0326. The first-order valence-electron chi connectivity index (χ1n) is 6.70. The van der Waals surface area contributed by atoms with Gasteiger partial charge in [-0.1, -0.05) is 19.8 Å². The van der Waals surface area contributed by atoms with Gasteiger partial charge in [-0.05, 0) is 37.5 Å². The van der Waals surface area contributed by atoms with Gasteiger partial charge in [-0.15, -0.1) is 0 Å². The van der Waals surface area contributed by atoms with Crippen LogP contribution in [0.25, 0.3) is 0 Å². The van der Waals surface area contributed by atoms with Crippen LogP contribution in [0.15, 0.2) is 0 Å². The summed E-state index contributed by atoms with van der Waals surface area (Å²) in [7, 11) is 0. The van der Waals surface area contributed by atoms with Crippen LogP contribution in [0.4, 0.5) is 0 Å². The first kappa shape index (κ1) is 11.4. The van der Waals surface area contributed by atoms with E-state index in [4.69, 9.17) is 0 Å². The maximum Gasteiger partial charge on any atom is 0.0592 e. The highest BCUT2D eigenvalue weighted by Crippen LogP contribution is 2.28. The Morgan fingerprint density at radius 2 is 1.93 bits per heavy atom. The van der Waals surface area contributed by atoms with E-state index in [1.165, 1.54) is 32.2 Å². The minimum atomic E-state index is -0.0326. The Labute approximate surface area is 93.7 Å². The van der Waals surface area contributed by atoms with Crippen LogP contribution in [0.2, 0.25) is 0 Å². The lowest BCUT2D eigenvalue weighted by Gasteiger charge is -2.37. The van der Waals surface area contributed by atoms with Gasteiger partial charge in [-0.25, -0.2) is 0 Å². The average molecular weight is 211 g/mol. The van der Waals surface area contributed by atoms with Crippen LogP contribution in [0.5, 0.6) is 0 Å². The molecule has 88 valence electrons. The Morgan fingerprint density at radius 1 is 1.20 bits per heavy atom. The van der Waals surface area contributed by atoms with Crippen molar-refractivity contribution in [2.24, 2.45) is 11.8 Å². The molecule has 2 fully saturated rings. The summed E-state index contributed by atoms with van der Waals surface area (Å²) >= 11 is 0. The molecule has 0 radical (unpaired) electrons. The van der Waals surface area contributed by atoms with Crippen molar-refractivity contribution in [3.63, 3.8) is 0 Å². The Hall–Kier alpha value is -0.0800. The van der Waals surface area contributed by atoms with Crippen molar-refractivity contribution in [1.29, 1.82) is 0 Å². The van der Waals surface area contributed by atoms with Crippen LogP contribution in [-0.4, -0.2) is 35.7 Å². The molecule has 0 spiro atoms. The largest absolute Gasteiger partial charge is 0.393 e. The van der Waals surface area contributed by atoms with Crippen LogP contribution in [-0.2, 0) is 0 Å². The molecule has 1 heterocycles. The Morgan fingerprint density at radius 3 is 2.60 bits per heavy atom. The predicted molar refractivity (Wildman–Crippen MR) is 62.8 cm³/mol. The quantitative estimate of drug-likeness (QED) is 0.774. The molecule has 0 aromatic heterocycles. The van der Waals surface area contributed by atoms with E-state index in [0.717, 1.165) is 31.8 Å². The lowest BCUT2D eigenvalue weighted by atomic mass is 9.91. The molecule has 0 aromatic carbocycles. The van der Waals surface area contributed by atoms with Crippen LogP contribution < -0.4 is 0 Å². The summed E-state index contributed by atoms with van der Waals surface area (Å²) in [6, 6.07) is 0. The molecule has 1 N–H and O–H groups in total. The third kappa shape index (κ3) is 2.94. The van der Waals surface area contributed by atoms with E-state index in [-0.39, 0.29) is 6.10 Å². The molecule has 1 saturated heterocycles. The molecular weight excluding hydrogens is 186 g/mol. The van der Waals surface area contributed by atoms with Crippen molar-refractivity contribution in [2.75, 3.05) is 19.6 Å². The van der Waals surface area contributed by atoms with Crippen molar-refractivity contribution < 1.29 is 5.11 Å². The minimum Gasteiger partial charge on any atom is -0.393 e. The molecule has 0 aromatic rings. The highest BCUT2D eigenvalue weighted by molar-refractivity contribution is 4.81. The summed E-state index contributed by atoms with van der Waals surface area (Å²) in [5.74, 6) is 1.48. The second kappa shape index (κ2) is 5.31. The summed E-state index contributed by atoms with van der Waals surface area (Å²) in [6.45, 7) is 5.75. The lowest BCUT2D eigenvalue weighted by Crippen LogP contribution is -2.44. The zero-order valence-corrected chi connectivity index (χ0v) is 9.99. The van der Waals surface area contributed by atoms with Gasteiger partial charge in [0.15, 0.2) is 0 Å². The molecule has 2 unspecified atom stereocenters. The third-order valence-corrected chi connectivity index (χ3v) is 4.29. The zero-order chi connectivity index (χ0) is 10.7. The van der Waals surface area contributed by atoms with Gasteiger partial charge in [0.05, 0.1) is 6.10 Å².